The predicted octanol–water partition coefficient (Wildman–Crippen LogP) is 1.37. The third-order valence-corrected chi connectivity index (χ3v) is 3.27. The van der Waals surface area contributed by atoms with E-state index in [1.165, 1.54) is 11.3 Å². The van der Waals surface area contributed by atoms with Crippen LogP contribution in [0.4, 0.5) is 5.69 Å². The van der Waals surface area contributed by atoms with Crippen molar-refractivity contribution >= 4 is 22.9 Å². The molecule has 2 aromatic heterocycles. The first kappa shape index (κ1) is 11.5. The summed E-state index contributed by atoms with van der Waals surface area (Å²) in [6.07, 6.45) is 0. The lowest BCUT2D eigenvalue weighted by Crippen LogP contribution is -2.16. The van der Waals surface area contributed by atoms with Crippen LogP contribution in [0, 0.1) is 0 Å². The molecule has 6 nitrogen and oxygen atoms in total. The molecule has 1 N–H and O–H groups in total. The summed E-state index contributed by atoms with van der Waals surface area (Å²) in [5.41, 5.74) is 1.33. The molecule has 0 bridgehead atoms. The van der Waals surface area contributed by atoms with Crippen molar-refractivity contribution < 1.29 is 5.11 Å². The van der Waals surface area contributed by atoms with Gasteiger partial charge in [-0.2, -0.15) is 5.21 Å². The lowest BCUT2D eigenvalue weighted by atomic mass is 10.2. The first-order chi connectivity index (χ1) is 9.33. The summed E-state index contributed by atoms with van der Waals surface area (Å²) >= 11 is 1.37. The Morgan fingerprint density at radius 3 is 2.95 bits per heavy atom. The lowest BCUT2D eigenvalue weighted by molar-refractivity contribution is -0.212. The van der Waals surface area contributed by atoms with Crippen molar-refractivity contribution in [1.82, 2.24) is 20.6 Å². The van der Waals surface area contributed by atoms with E-state index in [1.54, 1.807) is 24.3 Å². The van der Waals surface area contributed by atoms with Crippen LogP contribution >= 0.6 is 11.3 Å². The third kappa shape index (κ3) is 2.50. The zero-order valence-corrected chi connectivity index (χ0v) is 10.5. The van der Waals surface area contributed by atoms with Crippen LogP contribution in [0.5, 0.6) is 0 Å². The standard InChI is InChI=1S/C12H9N5OS/c18-12(10-5-2-6-19-10)13-9-4-1-3-8(7-9)11-14-16-17-15-11/h1-7H,(H,13,18)(H,14,15,16,17)/p-1. The molecule has 0 unspecified atom stereocenters. The maximum Gasteiger partial charge on any atom is 0.204 e. The second kappa shape index (κ2) is 4.99. The summed E-state index contributed by atoms with van der Waals surface area (Å²) in [4.78, 5) is 4.67. The zero-order valence-electron chi connectivity index (χ0n) is 9.65. The van der Waals surface area contributed by atoms with Gasteiger partial charge in [-0.05, 0) is 28.8 Å². The average molecular weight is 270 g/mol. The number of thiophene rings is 1. The lowest BCUT2D eigenvalue weighted by Gasteiger charge is -2.07. The van der Waals surface area contributed by atoms with E-state index in [4.69, 9.17) is 0 Å². The smallest absolute Gasteiger partial charge is 0.204 e. The summed E-state index contributed by atoms with van der Waals surface area (Å²) in [5.74, 6) is 0.223. The van der Waals surface area contributed by atoms with Crippen LogP contribution in [0.1, 0.15) is 4.88 Å². The van der Waals surface area contributed by atoms with Crippen LogP contribution < -0.4 is 5.11 Å². The highest BCUT2D eigenvalue weighted by Crippen LogP contribution is 2.21. The molecule has 2 heterocycles. The number of aromatic nitrogens is 4. The minimum Gasteiger partial charge on any atom is -0.858 e. The average Bonchev–Trinajstić information content (AvgIpc) is 3.13. The van der Waals surface area contributed by atoms with E-state index < -0.39 is 0 Å². The molecule has 19 heavy (non-hydrogen) atoms. The van der Waals surface area contributed by atoms with Crippen LogP contribution in [-0.2, 0) is 0 Å². The Hall–Kier alpha value is -2.54. The molecule has 1 aromatic carbocycles. The molecular formula is C12H8N5OS-. The maximum absolute atomic E-state index is 11.9. The Morgan fingerprint density at radius 2 is 2.21 bits per heavy atom. The zero-order chi connectivity index (χ0) is 13.1. The van der Waals surface area contributed by atoms with Gasteiger partial charge in [0.2, 0.25) is 5.82 Å². The SMILES string of the molecule is [O-]C(=Nc1cccc(-c2nn[nH]n2)c1)c1cccs1. The second-order valence-corrected chi connectivity index (χ2v) is 4.63. The van der Waals surface area contributed by atoms with E-state index in [9.17, 15) is 5.11 Å². The molecule has 94 valence electrons. The highest BCUT2D eigenvalue weighted by molar-refractivity contribution is 7.12. The predicted molar refractivity (Wildman–Crippen MR) is 70.1 cm³/mol. The minimum absolute atomic E-state index is 0.250. The molecule has 7 heteroatoms. The quantitative estimate of drug-likeness (QED) is 0.575. The molecular weight excluding hydrogens is 262 g/mol. The fraction of sp³-hybridized carbons (Fsp3) is 0. The van der Waals surface area contributed by atoms with E-state index in [1.807, 2.05) is 17.5 Å². The van der Waals surface area contributed by atoms with Crippen molar-refractivity contribution in [2.45, 2.75) is 0 Å². The normalized spacial score (nSPS) is 11.7. The topological polar surface area (TPSA) is 89.9 Å². The minimum atomic E-state index is -0.250. The van der Waals surface area contributed by atoms with Gasteiger partial charge < -0.3 is 5.11 Å². The number of benzene rings is 1. The fourth-order valence-electron chi connectivity index (χ4n) is 1.57. The first-order valence-corrected chi connectivity index (χ1v) is 6.34. The van der Waals surface area contributed by atoms with Crippen LogP contribution in [0.25, 0.3) is 11.4 Å². The molecule has 0 saturated heterocycles. The number of hydrogen-bond donors (Lipinski definition) is 1. The van der Waals surface area contributed by atoms with Gasteiger partial charge in [0.15, 0.2) is 0 Å². The molecule has 0 radical (unpaired) electrons. The van der Waals surface area contributed by atoms with Gasteiger partial charge in [0.25, 0.3) is 0 Å². The van der Waals surface area contributed by atoms with E-state index in [2.05, 4.69) is 25.6 Å². The Labute approximate surface area is 112 Å². The maximum atomic E-state index is 11.9. The number of rotatable bonds is 3. The largest absolute Gasteiger partial charge is 0.858 e. The molecule has 3 rings (SSSR count). The molecule has 0 aliphatic carbocycles. The molecule has 0 amide bonds. The Balaban J connectivity index is 1.94. The van der Waals surface area contributed by atoms with Crippen molar-refractivity contribution in [1.29, 1.82) is 0 Å². The van der Waals surface area contributed by atoms with Crippen LogP contribution in [-0.4, -0.2) is 26.5 Å². The van der Waals surface area contributed by atoms with Gasteiger partial charge >= 0.3 is 0 Å². The van der Waals surface area contributed by atoms with Crippen molar-refractivity contribution in [2.75, 3.05) is 0 Å². The Morgan fingerprint density at radius 1 is 1.26 bits per heavy atom. The monoisotopic (exact) mass is 270 g/mol. The van der Waals surface area contributed by atoms with Gasteiger partial charge in [-0.3, -0.25) is 4.99 Å². The number of nitrogens with zero attached hydrogens (tertiary/aromatic N) is 4. The van der Waals surface area contributed by atoms with Crippen molar-refractivity contribution in [3.63, 3.8) is 0 Å². The molecule has 3 aromatic rings. The molecule has 0 aliphatic rings. The summed E-state index contributed by atoms with van der Waals surface area (Å²) in [6.45, 7) is 0. The molecule has 0 fully saturated rings. The fourth-order valence-corrected chi connectivity index (χ4v) is 2.18. The second-order valence-electron chi connectivity index (χ2n) is 3.68. The summed E-state index contributed by atoms with van der Waals surface area (Å²) in [6, 6.07) is 10.7. The number of hydrogen-bond acceptors (Lipinski definition) is 6. The first-order valence-electron chi connectivity index (χ1n) is 5.46. The van der Waals surface area contributed by atoms with E-state index in [0.29, 0.717) is 16.4 Å². The van der Waals surface area contributed by atoms with Crippen molar-refractivity contribution in [2.24, 2.45) is 4.99 Å². The highest BCUT2D eigenvalue weighted by atomic mass is 32.1. The molecule has 0 saturated carbocycles. The van der Waals surface area contributed by atoms with Crippen LogP contribution in [0.3, 0.4) is 0 Å². The summed E-state index contributed by atoms with van der Waals surface area (Å²) in [7, 11) is 0. The van der Waals surface area contributed by atoms with Gasteiger partial charge in [0.05, 0.1) is 5.69 Å². The molecule has 0 aliphatic heterocycles. The van der Waals surface area contributed by atoms with E-state index in [-0.39, 0.29) is 5.90 Å². The van der Waals surface area contributed by atoms with Gasteiger partial charge in [-0.15, -0.1) is 21.5 Å². The summed E-state index contributed by atoms with van der Waals surface area (Å²) in [5, 5.41) is 27.4. The van der Waals surface area contributed by atoms with Crippen molar-refractivity contribution in [3.05, 3.63) is 46.7 Å². The van der Waals surface area contributed by atoms with Gasteiger partial charge in [-0.1, -0.05) is 18.2 Å². The van der Waals surface area contributed by atoms with Gasteiger partial charge in [-0.25, -0.2) is 0 Å². The Bertz CT molecular complexity index is 691. The van der Waals surface area contributed by atoms with Gasteiger partial charge in [0.1, 0.15) is 0 Å². The third-order valence-electron chi connectivity index (χ3n) is 2.41. The van der Waals surface area contributed by atoms with Crippen LogP contribution in [0.2, 0.25) is 0 Å². The van der Waals surface area contributed by atoms with Gasteiger partial charge in [0, 0.05) is 16.3 Å². The van der Waals surface area contributed by atoms with Crippen molar-refractivity contribution in [3.8, 4) is 11.4 Å². The van der Waals surface area contributed by atoms with E-state index >= 15 is 0 Å². The van der Waals surface area contributed by atoms with Crippen LogP contribution in [0.15, 0.2) is 46.8 Å². The number of aromatic amines is 1. The number of aliphatic imine (C=N–C) groups is 1. The highest BCUT2D eigenvalue weighted by Gasteiger charge is 2.03. The van der Waals surface area contributed by atoms with E-state index in [0.717, 1.165) is 5.56 Å². The Kier molecular flexibility index (Phi) is 3.03. The number of H-pyrrole nitrogens is 1. The summed E-state index contributed by atoms with van der Waals surface area (Å²) < 4.78 is 0. The molecule has 0 spiro atoms. The number of nitrogens with one attached hydrogen (secondary N) is 1. The molecule has 0 atom stereocenters. The number of tetrazole rings is 1.